The van der Waals surface area contributed by atoms with Gasteiger partial charge in [0.05, 0.1) is 11.8 Å². The molecule has 1 heterocycles. The molecule has 2 aromatic rings. The summed E-state index contributed by atoms with van der Waals surface area (Å²) in [5.41, 5.74) is 7.75. The van der Waals surface area contributed by atoms with Gasteiger partial charge >= 0.3 is 0 Å². The molecule has 1 saturated carbocycles. The standard InChI is InChI=1S/C12H15N5S/c1-8-6-10(4-5-11(8)13)18-7-12-14-15-16-17(12)9-2-3-9/h4-6,9H,2-3,7,13H2,1H3. The van der Waals surface area contributed by atoms with Crippen molar-refractivity contribution in [2.45, 2.75) is 36.5 Å². The van der Waals surface area contributed by atoms with E-state index in [2.05, 4.69) is 21.6 Å². The average molecular weight is 261 g/mol. The number of aromatic nitrogens is 4. The molecule has 5 nitrogen and oxygen atoms in total. The van der Waals surface area contributed by atoms with Crippen LogP contribution in [0.15, 0.2) is 23.1 Å². The third-order valence-corrected chi connectivity index (χ3v) is 4.05. The zero-order valence-electron chi connectivity index (χ0n) is 10.2. The molecule has 0 unspecified atom stereocenters. The minimum atomic E-state index is 0.531. The van der Waals surface area contributed by atoms with Crippen LogP contribution in [0.1, 0.15) is 30.3 Å². The number of aryl methyl sites for hydroxylation is 1. The van der Waals surface area contributed by atoms with Crippen molar-refractivity contribution >= 4 is 17.4 Å². The van der Waals surface area contributed by atoms with Gasteiger partial charge in [0.25, 0.3) is 0 Å². The van der Waals surface area contributed by atoms with Crippen LogP contribution < -0.4 is 5.73 Å². The van der Waals surface area contributed by atoms with Crippen LogP contribution in [0.2, 0.25) is 0 Å². The highest BCUT2D eigenvalue weighted by molar-refractivity contribution is 7.98. The van der Waals surface area contributed by atoms with Gasteiger partial charge in [0.2, 0.25) is 0 Å². The molecule has 94 valence electrons. The maximum absolute atomic E-state index is 5.81. The summed E-state index contributed by atoms with van der Waals surface area (Å²) in [4.78, 5) is 1.20. The number of benzene rings is 1. The summed E-state index contributed by atoms with van der Waals surface area (Å²) in [6, 6.07) is 6.62. The topological polar surface area (TPSA) is 69.6 Å². The molecule has 0 saturated heterocycles. The third kappa shape index (κ3) is 2.33. The summed E-state index contributed by atoms with van der Waals surface area (Å²) in [7, 11) is 0. The van der Waals surface area contributed by atoms with Gasteiger partial charge in [0.15, 0.2) is 5.82 Å². The van der Waals surface area contributed by atoms with Gasteiger partial charge in [0.1, 0.15) is 0 Å². The van der Waals surface area contributed by atoms with E-state index < -0.39 is 0 Å². The van der Waals surface area contributed by atoms with Crippen LogP contribution in [0.5, 0.6) is 0 Å². The Morgan fingerprint density at radius 2 is 2.28 bits per heavy atom. The number of tetrazole rings is 1. The van der Waals surface area contributed by atoms with E-state index in [4.69, 9.17) is 5.73 Å². The minimum Gasteiger partial charge on any atom is -0.399 e. The largest absolute Gasteiger partial charge is 0.399 e. The van der Waals surface area contributed by atoms with Gasteiger partial charge in [-0.1, -0.05) is 0 Å². The van der Waals surface area contributed by atoms with Crippen LogP contribution in [-0.2, 0) is 5.75 Å². The molecule has 2 N–H and O–H groups in total. The first-order valence-electron chi connectivity index (χ1n) is 5.99. The van der Waals surface area contributed by atoms with Gasteiger partial charge < -0.3 is 5.73 Å². The summed E-state index contributed by atoms with van der Waals surface area (Å²) in [6.07, 6.45) is 2.40. The molecular formula is C12H15N5S. The zero-order valence-corrected chi connectivity index (χ0v) is 11.0. The monoisotopic (exact) mass is 261 g/mol. The van der Waals surface area contributed by atoms with E-state index in [9.17, 15) is 0 Å². The molecule has 0 bridgehead atoms. The molecular weight excluding hydrogens is 246 g/mol. The van der Waals surface area contributed by atoms with Gasteiger partial charge in [-0.15, -0.1) is 16.9 Å². The van der Waals surface area contributed by atoms with E-state index in [0.717, 1.165) is 22.8 Å². The van der Waals surface area contributed by atoms with Crippen molar-refractivity contribution in [1.82, 2.24) is 20.2 Å². The molecule has 1 aromatic carbocycles. The Morgan fingerprint density at radius 3 is 3.00 bits per heavy atom. The second-order valence-corrected chi connectivity index (χ2v) is 5.63. The van der Waals surface area contributed by atoms with E-state index in [1.54, 1.807) is 11.8 Å². The van der Waals surface area contributed by atoms with Crippen molar-refractivity contribution in [3.8, 4) is 0 Å². The summed E-state index contributed by atoms with van der Waals surface area (Å²) >= 11 is 1.74. The van der Waals surface area contributed by atoms with E-state index >= 15 is 0 Å². The predicted molar refractivity (Wildman–Crippen MR) is 71.2 cm³/mol. The molecule has 0 spiro atoms. The third-order valence-electron chi connectivity index (χ3n) is 3.06. The number of nitrogens with two attached hydrogens (primary N) is 1. The SMILES string of the molecule is Cc1cc(SCc2nnnn2C2CC2)ccc1N. The normalized spacial score (nSPS) is 14.9. The van der Waals surface area contributed by atoms with Crippen molar-refractivity contribution in [3.05, 3.63) is 29.6 Å². The molecule has 1 aromatic heterocycles. The lowest BCUT2D eigenvalue weighted by Gasteiger charge is -2.05. The maximum atomic E-state index is 5.81. The minimum absolute atomic E-state index is 0.531. The van der Waals surface area contributed by atoms with Gasteiger partial charge in [-0.2, -0.15) is 0 Å². The first-order chi connectivity index (χ1) is 8.74. The van der Waals surface area contributed by atoms with Crippen molar-refractivity contribution < 1.29 is 0 Å². The highest BCUT2D eigenvalue weighted by Crippen LogP contribution is 2.35. The molecule has 0 radical (unpaired) electrons. The van der Waals surface area contributed by atoms with Crippen molar-refractivity contribution in [2.24, 2.45) is 0 Å². The van der Waals surface area contributed by atoms with Gasteiger partial charge in [-0.05, 0) is 54.0 Å². The Kier molecular flexibility index (Phi) is 2.95. The maximum Gasteiger partial charge on any atom is 0.161 e. The second kappa shape index (κ2) is 4.61. The number of hydrogen-bond donors (Lipinski definition) is 1. The Hall–Kier alpha value is -1.56. The number of nitrogen functional groups attached to an aromatic ring is 1. The molecule has 3 rings (SSSR count). The van der Waals surface area contributed by atoms with E-state index in [1.807, 2.05) is 23.7 Å². The lowest BCUT2D eigenvalue weighted by atomic mass is 10.2. The molecule has 1 fully saturated rings. The van der Waals surface area contributed by atoms with Crippen LogP contribution in [0, 0.1) is 6.92 Å². The Bertz CT molecular complexity index is 561. The number of hydrogen-bond acceptors (Lipinski definition) is 5. The first-order valence-corrected chi connectivity index (χ1v) is 6.98. The molecule has 1 aliphatic rings. The second-order valence-electron chi connectivity index (χ2n) is 4.58. The summed E-state index contributed by atoms with van der Waals surface area (Å²) < 4.78 is 1.96. The quantitative estimate of drug-likeness (QED) is 0.675. The van der Waals surface area contributed by atoms with Crippen LogP contribution in [-0.4, -0.2) is 20.2 Å². The van der Waals surface area contributed by atoms with E-state index in [1.165, 1.54) is 17.7 Å². The lowest BCUT2D eigenvalue weighted by molar-refractivity contribution is 0.593. The fraction of sp³-hybridized carbons (Fsp3) is 0.417. The van der Waals surface area contributed by atoms with Gasteiger partial charge in [0, 0.05) is 10.6 Å². The van der Waals surface area contributed by atoms with E-state index in [0.29, 0.717) is 6.04 Å². The summed E-state index contributed by atoms with van der Waals surface area (Å²) in [6.45, 7) is 2.02. The fourth-order valence-electron chi connectivity index (χ4n) is 1.80. The Labute approximate surface area is 110 Å². The zero-order chi connectivity index (χ0) is 12.5. The molecule has 6 heteroatoms. The average Bonchev–Trinajstić information content (AvgIpc) is 3.10. The Morgan fingerprint density at radius 1 is 1.44 bits per heavy atom. The molecule has 1 aliphatic carbocycles. The Balaban J connectivity index is 1.69. The van der Waals surface area contributed by atoms with Gasteiger partial charge in [-0.25, -0.2) is 4.68 Å². The predicted octanol–water partition coefficient (Wildman–Crippen LogP) is 2.19. The number of thioether (sulfide) groups is 1. The number of anilines is 1. The van der Waals surface area contributed by atoms with Crippen LogP contribution in [0.3, 0.4) is 0 Å². The molecule has 0 amide bonds. The van der Waals surface area contributed by atoms with Crippen LogP contribution in [0.25, 0.3) is 0 Å². The lowest BCUT2D eigenvalue weighted by Crippen LogP contribution is -2.02. The van der Waals surface area contributed by atoms with Gasteiger partial charge in [-0.3, -0.25) is 0 Å². The van der Waals surface area contributed by atoms with Crippen molar-refractivity contribution in [3.63, 3.8) is 0 Å². The highest BCUT2D eigenvalue weighted by Gasteiger charge is 2.27. The van der Waals surface area contributed by atoms with Crippen LogP contribution >= 0.6 is 11.8 Å². The van der Waals surface area contributed by atoms with Crippen LogP contribution in [0.4, 0.5) is 5.69 Å². The number of rotatable bonds is 4. The smallest absolute Gasteiger partial charge is 0.161 e. The van der Waals surface area contributed by atoms with Crippen molar-refractivity contribution in [2.75, 3.05) is 5.73 Å². The molecule has 0 aliphatic heterocycles. The molecule has 18 heavy (non-hydrogen) atoms. The van der Waals surface area contributed by atoms with Crippen molar-refractivity contribution in [1.29, 1.82) is 0 Å². The highest BCUT2D eigenvalue weighted by atomic mass is 32.2. The summed E-state index contributed by atoms with van der Waals surface area (Å²) in [5.74, 6) is 1.75. The number of nitrogens with zero attached hydrogens (tertiary/aromatic N) is 4. The van der Waals surface area contributed by atoms with E-state index in [-0.39, 0.29) is 0 Å². The molecule has 0 atom stereocenters. The first kappa shape index (κ1) is 11.5. The summed E-state index contributed by atoms with van der Waals surface area (Å²) in [5, 5.41) is 11.9. The fourth-order valence-corrected chi connectivity index (χ4v) is 2.71.